The van der Waals surface area contributed by atoms with E-state index < -0.39 is 0 Å². The minimum atomic E-state index is -0.305. The maximum atomic E-state index is 14.3. The molecule has 5 nitrogen and oxygen atoms in total. The Hall–Kier alpha value is -2.28. The van der Waals surface area contributed by atoms with Crippen molar-refractivity contribution in [3.63, 3.8) is 0 Å². The molecule has 2 heterocycles. The van der Waals surface area contributed by atoms with Crippen LogP contribution in [-0.4, -0.2) is 28.5 Å². The number of rotatable bonds is 5. The van der Waals surface area contributed by atoms with Crippen LogP contribution in [-0.2, 0) is 11.2 Å². The van der Waals surface area contributed by atoms with Crippen molar-refractivity contribution in [2.24, 2.45) is 0 Å². The van der Waals surface area contributed by atoms with E-state index in [1.54, 1.807) is 6.07 Å². The molecule has 1 aliphatic rings. The molecule has 1 amide bonds. The third-order valence-corrected chi connectivity index (χ3v) is 6.06. The van der Waals surface area contributed by atoms with Crippen molar-refractivity contribution in [3.8, 4) is 5.88 Å². The molecule has 1 N–H and O–H groups in total. The number of nitrogens with one attached hydrogen (secondary N) is 1. The van der Waals surface area contributed by atoms with Crippen molar-refractivity contribution in [2.75, 3.05) is 6.61 Å². The normalized spacial score (nSPS) is 15.3. The van der Waals surface area contributed by atoms with Gasteiger partial charge in [0.2, 0.25) is 5.88 Å². The van der Waals surface area contributed by atoms with E-state index in [2.05, 4.69) is 15.3 Å². The number of hydrogen-bond acceptors (Lipinski definition) is 5. The molecule has 4 rings (SSSR count). The summed E-state index contributed by atoms with van der Waals surface area (Å²) in [7, 11) is 0. The molecular formula is C20H22FN3O2S. The minimum absolute atomic E-state index is 0.0947. The summed E-state index contributed by atoms with van der Waals surface area (Å²) in [5.74, 6) is 0.490. The van der Waals surface area contributed by atoms with Gasteiger partial charge >= 0.3 is 0 Å². The molecule has 0 saturated heterocycles. The summed E-state index contributed by atoms with van der Waals surface area (Å²) in [6, 6.07) is 5.21. The number of amides is 1. The number of fused-ring (bicyclic) bond motifs is 3. The van der Waals surface area contributed by atoms with Gasteiger partial charge in [-0.25, -0.2) is 9.37 Å². The van der Waals surface area contributed by atoms with Crippen LogP contribution in [0.5, 0.6) is 5.88 Å². The van der Waals surface area contributed by atoms with Crippen molar-refractivity contribution in [1.29, 1.82) is 0 Å². The molecule has 1 aromatic carbocycles. The zero-order chi connectivity index (χ0) is 18.8. The Bertz CT molecular complexity index is 982. The molecule has 27 heavy (non-hydrogen) atoms. The first-order chi connectivity index (χ1) is 13.2. The van der Waals surface area contributed by atoms with Gasteiger partial charge < -0.3 is 10.1 Å². The van der Waals surface area contributed by atoms with Crippen LogP contribution in [0, 0.1) is 5.82 Å². The van der Waals surface area contributed by atoms with Gasteiger partial charge in [-0.1, -0.05) is 32.3 Å². The van der Waals surface area contributed by atoms with Crippen LogP contribution in [0.15, 0.2) is 18.2 Å². The van der Waals surface area contributed by atoms with E-state index in [0.29, 0.717) is 33.7 Å². The number of halogens is 1. The van der Waals surface area contributed by atoms with Gasteiger partial charge in [-0.2, -0.15) is 4.98 Å². The van der Waals surface area contributed by atoms with Crippen LogP contribution < -0.4 is 10.1 Å². The number of hydrogen-bond donors (Lipinski definition) is 1. The van der Waals surface area contributed by atoms with Crippen LogP contribution in [0.4, 0.5) is 4.39 Å². The van der Waals surface area contributed by atoms with E-state index in [1.165, 1.54) is 23.8 Å². The zero-order valence-electron chi connectivity index (χ0n) is 15.3. The molecule has 0 bridgehead atoms. The summed E-state index contributed by atoms with van der Waals surface area (Å²) in [5, 5.41) is 3.53. The Morgan fingerprint density at radius 3 is 2.89 bits per heavy atom. The number of carbonyl (C=O) groups is 1. The maximum absolute atomic E-state index is 14.3. The third-order valence-electron chi connectivity index (χ3n) is 4.93. The Labute approximate surface area is 161 Å². The van der Waals surface area contributed by atoms with E-state index in [0.717, 1.165) is 30.4 Å². The minimum Gasteiger partial charge on any atom is -0.466 e. The monoisotopic (exact) mass is 387 g/mol. The second-order valence-electron chi connectivity index (χ2n) is 6.88. The fraction of sp³-hybridized carbons (Fsp3) is 0.450. The molecule has 0 unspecified atom stereocenters. The summed E-state index contributed by atoms with van der Waals surface area (Å²) in [4.78, 5) is 21.2. The molecule has 1 saturated carbocycles. The Kier molecular flexibility index (Phi) is 5.20. The molecule has 3 aromatic rings. The van der Waals surface area contributed by atoms with Gasteiger partial charge in [0.1, 0.15) is 16.3 Å². The number of carbonyl (C=O) groups excluding carboxylic acids is 1. The summed E-state index contributed by atoms with van der Waals surface area (Å²) >= 11 is 1.39. The average Bonchev–Trinajstić information content (AvgIpc) is 3.06. The van der Waals surface area contributed by atoms with E-state index in [9.17, 15) is 9.18 Å². The zero-order valence-corrected chi connectivity index (χ0v) is 16.1. The second-order valence-corrected chi connectivity index (χ2v) is 7.93. The first kappa shape index (κ1) is 18.1. The third kappa shape index (κ3) is 3.74. The Balaban J connectivity index is 1.59. The molecule has 1 aliphatic carbocycles. The Morgan fingerprint density at radius 1 is 1.30 bits per heavy atom. The quantitative estimate of drug-likeness (QED) is 0.706. The number of benzene rings is 1. The summed E-state index contributed by atoms with van der Waals surface area (Å²) in [6.07, 6.45) is 6.21. The van der Waals surface area contributed by atoms with Crippen LogP contribution in [0.2, 0.25) is 0 Å². The molecule has 0 radical (unpaired) electrons. The van der Waals surface area contributed by atoms with E-state index in [-0.39, 0.29) is 24.4 Å². The smallest absolute Gasteiger partial charge is 0.258 e. The number of ether oxygens (including phenoxy) is 1. The second kappa shape index (κ2) is 7.76. The molecule has 1 fully saturated rings. The summed E-state index contributed by atoms with van der Waals surface area (Å²) in [5.41, 5.74) is 0.558. The van der Waals surface area contributed by atoms with Crippen LogP contribution >= 0.6 is 11.3 Å². The lowest BCUT2D eigenvalue weighted by Gasteiger charge is -2.22. The SMILES string of the molecule is CCc1nc(OCC(=O)NC2CCCCC2)c2sc3cccc(F)c3c2n1. The van der Waals surface area contributed by atoms with Crippen molar-refractivity contribution in [3.05, 3.63) is 29.8 Å². The lowest BCUT2D eigenvalue weighted by atomic mass is 9.95. The predicted molar refractivity (Wildman–Crippen MR) is 105 cm³/mol. The summed E-state index contributed by atoms with van der Waals surface area (Å²) in [6.45, 7) is 1.84. The highest BCUT2D eigenvalue weighted by atomic mass is 32.1. The fourth-order valence-electron chi connectivity index (χ4n) is 3.57. The molecule has 142 valence electrons. The molecule has 2 aromatic heterocycles. The van der Waals surface area contributed by atoms with E-state index >= 15 is 0 Å². The van der Waals surface area contributed by atoms with Gasteiger partial charge in [-0.3, -0.25) is 4.79 Å². The number of aromatic nitrogens is 2. The molecule has 0 spiro atoms. The van der Waals surface area contributed by atoms with Crippen LogP contribution in [0.25, 0.3) is 20.3 Å². The van der Waals surface area contributed by atoms with Crippen molar-refractivity contribution in [1.82, 2.24) is 15.3 Å². The van der Waals surface area contributed by atoms with Gasteiger partial charge in [0, 0.05) is 17.2 Å². The highest BCUT2D eigenvalue weighted by Crippen LogP contribution is 2.38. The van der Waals surface area contributed by atoms with E-state index in [4.69, 9.17) is 4.74 Å². The highest BCUT2D eigenvalue weighted by molar-refractivity contribution is 7.26. The number of nitrogens with zero attached hydrogens (tertiary/aromatic N) is 2. The topological polar surface area (TPSA) is 64.1 Å². The summed E-state index contributed by atoms with van der Waals surface area (Å²) < 4.78 is 21.6. The number of thiophene rings is 1. The molecule has 0 aliphatic heterocycles. The van der Waals surface area contributed by atoms with Gasteiger partial charge in [-0.15, -0.1) is 11.3 Å². The first-order valence-corrected chi connectivity index (χ1v) is 10.3. The van der Waals surface area contributed by atoms with Crippen molar-refractivity contribution in [2.45, 2.75) is 51.5 Å². The van der Waals surface area contributed by atoms with E-state index in [1.807, 2.05) is 13.0 Å². The Morgan fingerprint density at radius 2 is 2.11 bits per heavy atom. The first-order valence-electron chi connectivity index (χ1n) is 9.45. The fourth-order valence-corrected chi connectivity index (χ4v) is 4.67. The van der Waals surface area contributed by atoms with Gasteiger partial charge in [-0.05, 0) is 25.0 Å². The molecule has 0 atom stereocenters. The van der Waals surface area contributed by atoms with Crippen molar-refractivity contribution < 1.29 is 13.9 Å². The lowest BCUT2D eigenvalue weighted by molar-refractivity contribution is -0.124. The standard InChI is InChI=1S/C20H22FN3O2S/c1-2-15-23-18-17-13(21)9-6-10-14(17)27-19(18)20(24-15)26-11-16(25)22-12-7-4-3-5-8-12/h6,9-10,12H,2-5,7-8,11H2,1H3,(H,22,25). The molecule has 7 heteroatoms. The highest BCUT2D eigenvalue weighted by Gasteiger charge is 2.19. The van der Waals surface area contributed by atoms with Crippen LogP contribution in [0.1, 0.15) is 44.9 Å². The van der Waals surface area contributed by atoms with Crippen molar-refractivity contribution >= 4 is 37.5 Å². The largest absolute Gasteiger partial charge is 0.466 e. The lowest BCUT2D eigenvalue weighted by Crippen LogP contribution is -2.39. The van der Waals surface area contributed by atoms with Gasteiger partial charge in [0.05, 0.1) is 10.9 Å². The average molecular weight is 387 g/mol. The molecular weight excluding hydrogens is 365 g/mol. The van der Waals surface area contributed by atoms with Gasteiger partial charge in [0.25, 0.3) is 5.91 Å². The predicted octanol–water partition coefficient (Wildman–Crippen LogP) is 4.37. The van der Waals surface area contributed by atoms with Crippen LogP contribution in [0.3, 0.4) is 0 Å². The van der Waals surface area contributed by atoms with Gasteiger partial charge in [0.15, 0.2) is 6.61 Å². The maximum Gasteiger partial charge on any atom is 0.258 e. The number of aryl methyl sites for hydroxylation is 1.